The van der Waals surface area contributed by atoms with Gasteiger partial charge in [0.15, 0.2) is 0 Å². The Kier molecular flexibility index (Phi) is 4.85. The molecular formula is C20H26N4O2. The molecule has 0 radical (unpaired) electrons. The number of likely N-dealkylation sites (tertiary alicyclic amines) is 1. The molecule has 0 bridgehead atoms. The molecule has 2 amide bonds. The van der Waals surface area contributed by atoms with Crippen LogP contribution < -0.4 is 5.32 Å². The number of carbonyl (C=O) groups is 2. The second-order valence-electron chi connectivity index (χ2n) is 7.02. The smallest absolute Gasteiger partial charge is 0.230 e. The third-order valence-corrected chi connectivity index (χ3v) is 5.27. The minimum absolute atomic E-state index is 0.00609. The second-order valence-corrected chi connectivity index (χ2v) is 7.02. The summed E-state index contributed by atoms with van der Waals surface area (Å²) < 4.78 is 1.87. The van der Waals surface area contributed by atoms with E-state index >= 15 is 0 Å². The fourth-order valence-electron chi connectivity index (χ4n) is 3.73. The van der Waals surface area contributed by atoms with Crippen molar-refractivity contribution in [3.8, 4) is 0 Å². The summed E-state index contributed by atoms with van der Waals surface area (Å²) in [6.45, 7) is 8.62. The molecule has 0 aliphatic carbocycles. The van der Waals surface area contributed by atoms with E-state index in [-0.39, 0.29) is 24.3 Å². The zero-order valence-corrected chi connectivity index (χ0v) is 16.0. The van der Waals surface area contributed by atoms with E-state index in [1.807, 2.05) is 56.6 Å². The van der Waals surface area contributed by atoms with Crippen LogP contribution in [0, 0.1) is 26.7 Å². The standard InChI is InChI=1S/C20H26N4O2/c1-6-24-14(4)18(13(3)22-24)21-20(26)16-11-17(25)23(5)19(16)15-9-7-12(2)8-10-15/h7-10,16,19H,6,11H2,1-5H3,(H,21,26). The second kappa shape index (κ2) is 6.94. The number of hydrogen-bond donors (Lipinski definition) is 1. The minimum atomic E-state index is -0.418. The highest BCUT2D eigenvalue weighted by molar-refractivity contribution is 5.98. The van der Waals surface area contributed by atoms with Crippen LogP contribution in [0.4, 0.5) is 5.69 Å². The number of nitrogens with zero attached hydrogens (tertiary/aromatic N) is 3. The number of carbonyl (C=O) groups excluding carboxylic acids is 2. The van der Waals surface area contributed by atoms with Gasteiger partial charge >= 0.3 is 0 Å². The SMILES string of the molecule is CCn1nc(C)c(NC(=O)C2CC(=O)N(C)C2c2ccc(C)cc2)c1C. The Balaban J connectivity index is 1.88. The van der Waals surface area contributed by atoms with E-state index in [4.69, 9.17) is 0 Å². The number of nitrogens with one attached hydrogen (secondary N) is 1. The van der Waals surface area contributed by atoms with Crippen molar-refractivity contribution < 1.29 is 9.59 Å². The summed E-state index contributed by atoms with van der Waals surface area (Å²) in [6.07, 6.45) is 0.223. The molecule has 26 heavy (non-hydrogen) atoms. The molecule has 1 fully saturated rings. The van der Waals surface area contributed by atoms with E-state index in [1.54, 1.807) is 11.9 Å². The van der Waals surface area contributed by atoms with Gasteiger partial charge in [-0.1, -0.05) is 29.8 Å². The molecular weight excluding hydrogens is 328 g/mol. The fraction of sp³-hybridized carbons (Fsp3) is 0.450. The Labute approximate surface area is 154 Å². The van der Waals surface area contributed by atoms with Gasteiger partial charge in [0.05, 0.1) is 29.0 Å². The van der Waals surface area contributed by atoms with Gasteiger partial charge in [-0.15, -0.1) is 0 Å². The van der Waals surface area contributed by atoms with Gasteiger partial charge < -0.3 is 10.2 Å². The van der Waals surface area contributed by atoms with E-state index in [2.05, 4.69) is 10.4 Å². The highest BCUT2D eigenvalue weighted by Crippen LogP contribution is 2.38. The zero-order chi connectivity index (χ0) is 19.0. The molecule has 0 saturated carbocycles. The van der Waals surface area contributed by atoms with Crippen LogP contribution in [0.2, 0.25) is 0 Å². The Morgan fingerprint density at radius 1 is 1.23 bits per heavy atom. The van der Waals surface area contributed by atoms with Crippen LogP contribution in [-0.2, 0) is 16.1 Å². The molecule has 1 N–H and O–H groups in total. The molecule has 1 saturated heterocycles. The molecule has 3 rings (SSSR count). The molecule has 1 aliphatic rings. The predicted molar refractivity (Wildman–Crippen MR) is 101 cm³/mol. The van der Waals surface area contributed by atoms with Gasteiger partial charge in [-0.05, 0) is 33.3 Å². The number of hydrogen-bond acceptors (Lipinski definition) is 3. The first-order chi connectivity index (χ1) is 12.3. The molecule has 1 aromatic carbocycles. The number of amides is 2. The van der Waals surface area contributed by atoms with Gasteiger partial charge in [0.25, 0.3) is 0 Å². The summed E-state index contributed by atoms with van der Waals surface area (Å²) in [6, 6.07) is 7.79. The maximum Gasteiger partial charge on any atom is 0.230 e. The van der Waals surface area contributed by atoms with Crippen LogP contribution in [0.5, 0.6) is 0 Å². The third kappa shape index (κ3) is 3.11. The van der Waals surface area contributed by atoms with Crippen LogP contribution in [0.25, 0.3) is 0 Å². The number of anilines is 1. The third-order valence-electron chi connectivity index (χ3n) is 5.27. The summed E-state index contributed by atoms with van der Waals surface area (Å²) in [4.78, 5) is 27.0. The van der Waals surface area contributed by atoms with Gasteiger partial charge in [0.1, 0.15) is 0 Å². The van der Waals surface area contributed by atoms with E-state index in [0.717, 1.165) is 34.7 Å². The van der Waals surface area contributed by atoms with Gasteiger partial charge in [-0.25, -0.2) is 0 Å². The van der Waals surface area contributed by atoms with Crippen molar-refractivity contribution in [2.24, 2.45) is 5.92 Å². The molecule has 1 aliphatic heterocycles. The summed E-state index contributed by atoms with van der Waals surface area (Å²) in [5, 5.41) is 7.48. The van der Waals surface area contributed by atoms with E-state index < -0.39 is 5.92 Å². The van der Waals surface area contributed by atoms with Crippen LogP contribution in [-0.4, -0.2) is 33.5 Å². The zero-order valence-electron chi connectivity index (χ0n) is 16.0. The maximum absolute atomic E-state index is 13.0. The normalized spacial score (nSPS) is 19.9. The summed E-state index contributed by atoms with van der Waals surface area (Å²) in [5.74, 6) is -0.553. The number of aromatic nitrogens is 2. The number of rotatable bonds is 4. The average Bonchev–Trinajstić information content (AvgIpc) is 3.06. The summed E-state index contributed by atoms with van der Waals surface area (Å²) in [7, 11) is 1.77. The Bertz CT molecular complexity index is 838. The van der Waals surface area contributed by atoms with Gasteiger partial charge in [-0.2, -0.15) is 5.10 Å². The fourth-order valence-corrected chi connectivity index (χ4v) is 3.73. The molecule has 0 spiro atoms. The van der Waals surface area contributed by atoms with E-state index in [9.17, 15) is 9.59 Å². The topological polar surface area (TPSA) is 67.2 Å². The first kappa shape index (κ1) is 18.2. The van der Waals surface area contributed by atoms with E-state index in [1.165, 1.54) is 0 Å². The van der Waals surface area contributed by atoms with E-state index in [0.29, 0.717) is 0 Å². The van der Waals surface area contributed by atoms with Crippen molar-refractivity contribution in [1.29, 1.82) is 0 Å². The molecule has 6 nitrogen and oxygen atoms in total. The van der Waals surface area contributed by atoms with Gasteiger partial charge in [0, 0.05) is 20.0 Å². The summed E-state index contributed by atoms with van der Waals surface area (Å²) >= 11 is 0. The van der Waals surface area contributed by atoms with Crippen molar-refractivity contribution in [3.63, 3.8) is 0 Å². The minimum Gasteiger partial charge on any atom is -0.338 e. The largest absolute Gasteiger partial charge is 0.338 e. The lowest BCUT2D eigenvalue weighted by molar-refractivity contribution is -0.127. The van der Waals surface area contributed by atoms with Gasteiger partial charge in [-0.3, -0.25) is 14.3 Å². The average molecular weight is 354 g/mol. The molecule has 138 valence electrons. The van der Waals surface area contributed by atoms with Crippen molar-refractivity contribution in [2.45, 2.75) is 46.7 Å². The lowest BCUT2D eigenvalue weighted by Crippen LogP contribution is -2.30. The Hall–Kier alpha value is -2.63. The van der Waals surface area contributed by atoms with Crippen LogP contribution in [0.1, 0.15) is 41.9 Å². The first-order valence-electron chi connectivity index (χ1n) is 9.00. The van der Waals surface area contributed by atoms with Crippen molar-refractivity contribution in [3.05, 3.63) is 46.8 Å². The lowest BCUT2D eigenvalue weighted by atomic mass is 9.92. The molecule has 6 heteroatoms. The monoisotopic (exact) mass is 354 g/mol. The highest BCUT2D eigenvalue weighted by atomic mass is 16.2. The molecule has 1 aromatic heterocycles. The van der Waals surface area contributed by atoms with Crippen molar-refractivity contribution in [2.75, 3.05) is 12.4 Å². The number of aryl methyl sites for hydroxylation is 3. The highest BCUT2D eigenvalue weighted by Gasteiger charge is 2.42. The Morgan fingerprint density at radius 3 is 2.46 bits per heavy atom. The lowest BCUT2D eigenvalue weighted by Gasteiger charge is -2.25. The van der Waals surface area contributed by atoms with Crippen LogP contribution in [0.15, 0.2) is 24.3 Å². The van der Waals surface area contributed by atoms with Crippen molar-refractivity contribution >= 4 is 17.5 Å². The summed E-state index contributed by atoms with van der Waals surface area (Å²) in [5.41, 5.74) is 4.62. The molecule has 2 unspecified atom stereocenters. The van der Waals surface area contributed by atoms with Gasteiger partial charge in [0.2, 0.25) is 11.8 Å². The van der Waals surface area contributed by atoms with Crippen molar-refractivity contribution in [1.82, 2.24) is 14.7 Å². The predicted octanol–water partition coefficient (Wildman–Crippen LogP) is 2.99. The maximum atomic E-state index is 13.0. The number of benzene rings is 1. The Morgan fingerprint density at radius 2 is 1.88 bits per heavy atom. The van der Waals surface area contributed by atoms with Crippen LogP contribution in [0.3, 0.4) is 0 Å². The quantitative estimate of drug-likeness (QED) is 0.918. The first-order valence-corrected chi connectivity index (χ1v) is 9.00. The molecule has 2 heterocycles. The molecule has 2 aromatic rings. The van der Waals surface area contributed by atoms with Crippen LogP contribution >= 0.6 is 0 Å². The molecule has 2 atom stereocenters.